The highest BCUT2D eigenvalue weighted by Gasteiger charge is 2.29. The molecule has 4 heteroatoms. The van der Waals surface area contributed by atoms with Crippen LogP contribution in [0, 0.1) is 5.92 Å². The summed E-state index contributed by atoms with van der Waals surface area (Å²) in [6.07, 6.45) is 5.63. The van der Waals surface area contributed by atoms with Crippen LogP contribution in [-0.2, 0) is 13.0 Å². The Morgan fingerprint density at radius 3 is 2.79 bits per heavy atom. The summed E-state index contributed by atoms with van der Waals surface area (Å²) in [6, 6.07) is 16.5. The summed E-state index contributed by atoms with van der Waals surface area (Å²) in [7, 11) is 0. The molecule has 3 rings (SSSR count). The second-order valence-electron chi connectivity index (χ2n) is 7.59. The van der Waals surface area contributed by atoms with Crippen molar-refractivity contribution in [3.63, 3.8) is 0 Å². The van der Waals surface area contributed by atoms with E-state index >= 15 is 0 Å². The molecule has 0 aliphatic carbocycles. The minimum Gasteiger partial charge on any atom is -0.489 e. The Hall–Kier alpha value is -2.04. The van der Waals surface area contributed by atoms with Crippen molar-refractivity contribution in [1.29, 1.82) is 0 Å². The minimum atomic E-state index is 0.169. The Balaban J connectivity index is 1.64. The van der Waals surface area contributed by atoms with E-state index in [0.717, 1.165) is 43.0 Å². The number of nitrogens with one attached hydrogen (secondary N) is 1. The fourth-order valence-corrected chi connectivity index (χ4v) is 3.73. The molecule has 2 aromatic rings. The molecule has 2 aromatic carbocycles. The van der Waals surface area contributed by atoms with E-state index < -0.39 is 0 Å². The van der Waals surface area contributed by atoms with E-state index in [1.54, 1.807) is 0 Å². The molecular weight excluding hydrogens is 350 g/mol. The number of hydrogen-bond acceptors (Lipinski definition) is 4. The molecule has 0 aromatic heterocycles. The van der Waals surface area contributed by atoms with Gasteiger partial charge >= 0.3 is 0 Å². The summed E-state index contributed by atoms with van der Waals surface area (Å²) in [5, 5.41) is 12.4. The Bertz CT molecular complexity index is 704. The van der Waals surface area contributed by atoms with Crippen LogP contribution < -0.4 is 14.8 Å². The van der Waals surface area contributed by atoms with Crippen molar-refractivity contribution in [3.8, 4) is 11.5 Å². The fourth-order valence-electron chi connectivity index (χ4n) is 3.73. The van der Waals surface area contributed by atoms with Gasteiger partial charge in [-0.2, -0.15) is 0 Å². The Morgan fingerprint density at radius 2 is 2.00 bits per heavy atom. The van der Waals surface area contributed by atoms with Crippen molar-refractivity contribution >= 4 is 0 Å². The van der Waals surface area contributed by atoms with Crippen molar-refractivity contribution in [2.45, 2.75) is 51.7 Å². The number of aliphatic hydroxyl groups is 1. The van der Waals surface area contributed by atoms with E-state index in [0.29, 0.717) is 12.5 Å². The molecule has 152 valence electrons. The second kappa shape index (κ2) is 11.1. The van der Waals surface area contributed by atoms with Gasteiger partial charge in [-0.3, -0.25) is 0 Å². The first-order chi connectivity index (χ1) is 13.8. The molecule has 28 heavy (non-hydrogen) atoms. The number of rotatable bonds is 11. The van der Waals surface area contributed by atoms with Crippen molar-refractivity contribution < 1.29 is 14.6 Å². The summed E-state index contributed by atoms with van der Waals surface area (Å²) >= 11 is 0. The average Bonchev–Trinajstić information content (AvgIpc) is 2.74. The van der Waals surface area contributed by atoms with Gasteiger partial charge in [0.2, 0.25) is 0 Å². The second-order valence-corrected chi connectivity index (χ2v) is 7.59. The van der Waals surface area contributed by atoms with Crippen LogP contribution in [0.3, 0.4) is 0 Å². The average molecular weight is 384 g/mol. The van der Waals surface area contributed by atoms with Crippen molar-refractivity contribution in [2.24, 2.45) is 5.92 Å². The molecule has 1 aliphatic rings. The lowest BCUT2D eigenvalue weighted by Crippen LogP contribution is -2.41. The predicted molar refractivity (Wildman–Crippen MR) is 113 cm³/mol. The van der Waals surface area contributed by atoms with E-state index in [-0.39, 0.29) is 12.7 Å². The maximum atomic E-state index is 8.98. The monoisotopic (exact) mass is 383 g/mol. The lowest BCUT2D eigenvalue weighted by molar-refractivity contribution is 0.103. The molecule has 0 radical (unpaired) electrons. The van der Waals surface area contributed by atoms with E-state index in [9.17, 15) is 0 Å². The largest absolute Gasteiger partial charge is 0.489 e. The van der Waals surface area contributed by atoms with Gasteiger partial charge in [-0.1, -0.05) is 56.2 Å². The van der Waals surface area contributed by atoms with Gasteiger partial charge in [0.1, 0.15) is 24.2 Å². The van der Waals surface area contributed by atoms with Crippen LogP contribution in [0.1, 0.15) is 43.7 Å². The lowest BCUT2D eigenvalue weighted by atomic mass is 9.86. The Kier molecular flexibility index (Phi) is 8.19. The Morgan fingerprint density at radius 1 is 1.14 bits per heavy atom. The zero-order chi connectivity index (χ0) is 19.6. The topological polar surface area (TPSA) is 50.7 Å². The molecule has 0 fully saturated rings. The molecule has 0 saturated carbocycles. The standard InChI is InChI=1S/C24H33NO3/c1-2-3-10-20-15-21-11-12-22(27-18-19-8-5-4-6-9-19)16-23(21)28-24(20)17-25-13-7-14-26/h4-6,8-9,11-12,16,20,24-26H,2-3,7,10,13-15,17-18H2,1H3. The minimum absolute atomic E-state index is 0.169. The predicted octanol–water partition coefficient (Wildman–Crippen LogP) is 4.35. The number of aliphatic hydroxyl groups excluding tert-OH is 1. The molecule has 0 bridgehead atoms. The molecule has 0 amide bonds. The first-order valence-electron chi connectivity index (χ1n) is 10.6. The molecular formula is C24H33NO3. The van der Waals surface area contributed by atoms with Crippen LogP contribution in [0.5, 0.6) is 11.5 Å². The summed E-state index contributed by atoms with van der Waals surface area (Å²) in [5.74, 6) is 2.33. The smallest absolute Gasteiger partial charge is 0.126 e. The number of ether oxygens (including phenoxy) is 2. The zero-order valence-electron chi connectivity index (χ0n) is 16.9. The molecule has 4 nitrogen and oxygen atoms in total. The van der Waals surface area contributed by atoms with E-state index in [1.165, 1.54) is 24.8 Å². The first-order valence-corrected chi connectivity index (χ1v) is 10.6. The van der Waals surface area contributed by atoms with E-state index in [4.69, 9.17) is 14.6 Å². The quantitative estimate of drug-likeness (QED) is 0.567. The van der Waals surface area contributed by atoms with Crippen LogP contribution in [0.2, 0.25) is 0 Å². The van der Waals surface area contributed by atoms with Crippen molar-refractivity contribution in [1.82, 2.24) is 5.32 Å². The highest BCUT2D eigenvalue weighted by molar-refractivity contribution is 5.42. The van der Waals surface area contributed by atoms with Crippen molar-refractivity contribution in [3.05, 3.63) is 59.7 Å². The van der Waals surface area contributed by atoms with Gasteiger partial charge in [0, 0.05) is 25.1 Å². The summed E-state index contributed by atoms with van der Waals surface area (Å²) < 4.78 is 12.4. The molecule has 0 spiro atoms. The highest BCUT2D eigenvalue weighted by atomic mass is 16.5. The molecule has 2 atom stereocenters. The van der Waals surface area contributed by atoms with Crippen LogP contribution in [0.4, 0.5) is 0 Å². The van der Waals surface area contributed by atoms with Gasteiger partial charge in [0.15, 0.2) is 0 Å². The maximum Gasteiger partial charge on any atom is 0.126 e. The number of fused-ring (bicyclic) bond motifs is 1. The summed E-state index contributed by atoms with van der Waals surface area (Å²) in [6.45, 7) is 4.67. The third-order valence-corrected chi connectivity index (χ3v) is 5.36. The highest BCUT2D eigenvalue weighted by Crippen LogP contribution is 2.36. The number of unbranched alkanes of at least 4 members (excludes halogenated alkanes) is 1. The van der Waals surface area contributed by atoms with Crippen molar-refractivity contribution in [2.75, 3.05) is 19.7 Å². The van der Waals surface area contributed by atoms with Crippen LogP contribution in [0.15, 0.2) is 48.5 Å². The molecule has 0 saturated heterocycles. The maximum absolute atomic E-state index is 8.98. The third-order valence-electron chi connectivity index (χ3n) is 5.36. The fraction of sp³-hybridized carbons (Fsp3) is 0.500. The molecule has 2 N–H and O–H groups in total. The van der Waals surface area contributed by atoms with Gasteiger partial charge in [-0.15, -0.1) is 0 Å². The number of hydrogen-bond donors (Lipinski definition) is 2. The van der Waals surface area contributed by atoms with Crippen LogP contribution in [-0.4, -0.2) is 30.9 Å². The van der Waals surface area contributed by atoms with Gasteiger partial charge in [-0.05, 0) is 43.0 Å². The normalized spacial score (nSPS) is 18.4. The van der Waals surface area contributed by atoms with E-state index in [1.807, 2.05) is 24.3 Å². The van der Waals surface area contributed by atoms with Gasteiger partial charge in [0.05, 0.1) is 0 Å². The summed E-state index contributed by atoms with van der Waals surface area (Å²) in [5.41, 5.74) is 2.44. The van der Waals surface area contributed by atoms with Gasteiger partial charge in [-0.25, -0.2) is 0 Å². The number of benzene rings is 2. The van der Waals surface area contributed by atoms with Crippen LogP contribution in [0.25, 0.3) is 0 Å². The van der Waals surface area contributed by atoms with E-state index in [2.05, 4.69) is 36.5 Å². The zero-order valence-corrected chi connectivity index (χ0v) is 16.9. The molecule has 1 heterocycles. The van der Waals surface area contributed by atoms with Crippen LogP contribution >= 0.6 is 0 Å². The third kappa shape index (κ3) is 5.98. The van der Waals surface area contributed by atoms with Gasteiger partial charge in [0.25, 0.3) is 0 Å². The first kappa shape index (κ1) is 20.7. The summed E-state index contributed by atoms with van der Waals surface area (Å²) in [4.78, 5) is 0. The SMILES string of the molecule is CCCCC1Cc2ccc(OCc3ccccc3)cc2OC1CNCCCO. The molecule has 2 unspecified atom stereocenters. The lowest BCUT2D eigenvalue weighted by Gasteiger charge is -2.34. The van der Waals surface area contributed by atoms with Gasteiger partial charge < -0.3 is 19.9 Å². The molecule has 1 aliphatic heterocycles. The Labute approximate surface area is 168 Å².